The van der Waals surface area contributed by atoms with Crippen LogP contribution in [0.2, 0.25) is 0 Å². The summed E-state index contributed by atoms with van der Waals surface area (Å²) < 4.78 is 0. The first-order valence-corrected chi connectivity index (χ1v) is 8.92. The van der Waals surface area contributed by atoms with Crippen LogP contribution in [0.5, 0.6) is 0 Å². The van der Waals surface area contributed by atoms with E-state index in [-0.39, 0.29) is 5.91 Å². The summed E-state index contributed by atoms with van der Waals surface area (Å²) in [6.07, 6.45) is 2.98. The Hall–Kier alpha value is -2.13. The average molecular weight is 322 g/mol. The molecule has 2 aromatic carbocycles. The Kier molecular flexibility index (Phi) is 5.65. The zero-order chi connectivity index (χ0) is 16.8. The third kappa shape index (κ3) is 4.24. The average Bonchev–Trinajstić information content (AvgIpc) is 2.84. The number of amides is 1. The number of benzene rings is 2. The zero-order valence-corrected chi connectivity index (χ0v) is 14.4. The van der Waals surface area contributed by atoms with Gasteiger partial charge in [0.15, 0.2) is 0 Å². The van der Waals surface area contributed by atoms with Crippen LogP contribution in [-0.4, -0.2) is 37.0 Å². The van der Waals surface area contributed by atoms with Crippen molar-refractivity contribution in [2.75, 3.05) is 26.2 Å². The van der Waals surface area contributed by atoms with Crippen LogP contribution < -0.4 is 5.32 Å². The minimum absolute atomic E-state index is 0.0327. The van der Waals surface area contributed by atoms with Crippen molar-refractivity contribution < 1.29 is 4.79 Å². The topological polar surface area (TPSA) is 32.3 Å². The van der Waals surface area contributed by atoms with Gasteiger partial charge in [0.25, 0.3) is 5.91 Å². The summed E-state index contributed by atoms with van der Waals surface area (Å²) in [5.41, 5.74) is 4.76. The van der Waals surface area contributed by atoms with Crippen LogP contribution in [0.4, 0.5) is 0 Å². The van der Waals surface area contributed by atoms with Gasteiger partial charge >= 0.3 is 0 Å². The summed E-state index contributed by atoms with van der Waals surface area (Å²) in [6.45, 7) is 6.18. The number of fused-ring (bicyclic) bond motifs is 1. The molecular weight excluding hydrogens is 296 g/mol. The SMILES string of the molecule is CCN1CCc2ccc(C(=O)NCCc3ccccc3)cc2CC1. The molecule has 1 N–H and O–H groups in total. The van der Waals surface area contributed by atoms with Gasteiger partial charge in [-0.1, -0.05) is 43.3 Å². The molecule has 1 heterocycles. The molecule has 0 spiro atoms. The summed E-state index contributed by atoms with van der Waals surface area (Å²) in [4.78, 5) is 14.9. The van der Waals surface area contributed by atoms with Crippen LogP contribution in [0, 0.1) is 0 Å². The van der Waals surface area contributed by atoms with Crippen molar-refractivity contribution in [2.24, 2.45) is 0 Å². The van der Waals surface area contributed by atoms with Gasteiger partial charge < -0.3 is 10.2 Å². The summed E-state index contributed by atoms with van der Waals surface area (Å²) in [5.74, 6) is 0.0327. The minimum Gasteiger partial charge on any atom is -0.352 e. The van der Waals surface area contributed by atoms with Gasteiger partial charge in [0.2, 0.25) is 0 Å². The first kappa shape index (κ1) is 16.7. The van der Waals surface area contributed by atoms with Gasteiger partial charge in [0.1, 0.15) is 0 Å². The number of likely N-dealkylation sites (N-methyl/N-ethyl adjacent to an activating group) is 1. The Morgan fingerprint density at radius 1 is 1.04 bits per heavy atom. The van der Waals surface area contributed by atoms with E-state index in [0.29, 0.717) is 6.54 Å². The quantitative estimate of drug-likeness (QED) is 0.917. The maximum absolute atomic E-state index is 12.4. The van der Waals surface area contributed by atoms with Gasteiger partial charge in [0, 0.05) is 25.2 Å². The molecule has 0 aliphatic carbocycles. The second kappa shape index (κ2) is 8.11. The van der Waals surface area contributed by atoms with Crippen molar-refractivity contribution >= 4 is 5.91 Å². The first-order valence-electron chi connectivity index (χ1n) is 8.92. The van der Waals surface area contributed by atoms with Crippen molar-refractivity contribution in [1.82, 2.24) is 10.2 Å². The second-order valence-electron chi connectivity index (χ2n) is 6.41. The molecule has 0 unspecified atom stereocenters. The molecule has 24 heavy (non-hydrogen) atoms. The molecule has 1 aliphatic rings. The van der Waals surface area contributed by atoms with E-state index in [0.717, 1.165) is 44.5 Å². The summed E-state index contributed by atoms with van der Waals surface area (Å²) >= 11 is 0. The Morgan fingerprint density at radius 3 is 2.54 bits per heavy atom. The molecule has 126 valence electrons. The molecule has 3 heteroatoms. The number of nitrogens with one attached hydrogen (secondary N) is 1. The van der Waals surface area contributed by atoms with Crippen molar-refractivity contribution in [1.29, 1.82) is 0 Å². The van der Waals surface area contributed by atoms with Crippen LogP contribution in [0.25, 0.3) is 0 Å². The highest BCUT2D eigenvalue weighted by Gasteiger charge is 2.14. The lowest BCUT2D eigenvalue weighted by molar-refractivity contribution is 0.0954. The van der Waals surface area contributed by atoms with Gasteiger partial charge in [-0.2, -0.15) is 0 Å². The van der Waals surface area contributed by atoms with E-state index in [4.69, 9.17) is 0 Å². The number of carbonyl (C=O) groups is 1. The standard InChI is InChI=1S/C21H26N2O/c1-2-23-14-11-18-8-9-20(16-19(18)12-15-23)21(24)22-13-10-17-6-4-3-5-7-17/h3-9,16H,2,10-15H2,1H3,(H,22,24). The van der Waals surface area contributed by atoms with E-state index < -0.39 is 0 Å². The fourth-order valence-corrected chi connectivity index (χ4v) is 3.30. The molecule has 0 saturated heterocycles. The summed E-state index contributed by atoms with van der Waals surface area (Å²) in [6, 6.07) is 16.5. The smallest absolute Gasteiger partial charge is 0.251 e. The minimum atomic E-state index is 0.0327. The van der Waals surface area contributed by atoms with E-state index in [1.54, 1.807) is 0 Å². The molecule has 0 atom stereocenters. The third-order valence-electron chi connectivity index (χ3n) is 4.85. The molecule has 3 rings (SSSR count). The fraction of sp³-hybridized carbons (Fsp3) is 0.381. The maximum Gasteiger partial charge on any atom is 0.251 e. The fourth-order valence-electron chi connectivity index (χ4n) is 3.30. The molecule has 2 aromatic rings. The van der Waals surface area contributed by atoms with E-state index in [2.05, 4.69) is 41.4 Å². The number of hydrogen-bond acceptors (Lipinski definition) is 2. The molecule has 1 amide bonds. The van der Waals surface area contributed by atoms with Gasteiger partial charge in [-0.25, -0.2) is 0 Å². The predicted octanol–water partition coefficient (Wildman–Crippen LogP) is 3.08. The second-order valence-corrected chi connectivity index (χ2v) is 6.41. The van der Waals surface area contributed by atoms with Crippen molar-refractivity contribution in [3.05, 3.63) is 70.8 Å². The lowest BCUT2D eigenvalue weighted by Crippen LogP contribution is -2.26. The Bertz CT molecular complexity index is 681. The van der Waals surface area contributed by atoms with E-state index in [1.165, 1.54) is 16.7 Å². The lowest BCUT2D eigenvalue weighted by atomic mass is 10.00. The van der Waals surface area contributed by atoms with Gasteiger partial charge in [-0.05, 0) is 54.6 Å². The molecule has 0 aromatic heterocycles. The number of nitrogens with zero attached hydrogens (tertiary/aromatic N) is 1. The Morgan fingerprint density at radius 2 is 1.79 bits per heavy atom. The van der Waals surface area contributed by atoms with Crippen LogP contribution >= 0.6 is 0 Å². The van der Waals surface area contributed by atoms with Crippen LogP contribution in [0.15, 0.2) is 48.5 Å². The molecule has 1 aliphatic heterocycles. The summed E-state index contributed by atoms with van der Waals surface area (Å²) in [7, 11) is 0. The third-order valence-corrected chi connectivity index (χ3v) is 4.85. The highest BCUT2D eigenvalue weighted by Crippen LogP contribution is 2.18. The van der Waals surface area contributed by atoms with Crippen LogP contribution in [0.1, 0.15) is 34.0 Å². The summed E-state index contributed by atoms with van der Waals surface area (Å²) in [5, 5.41) is 3.04. The van der Waals surface area contributed by atoms with E-state index in [9.17, 15) is 4.79 Å². The molecule has 0 bridgehead atoms. The van der Waals surface area contributed by atoms with Gasteiger partial charge in [0.05, 0.1) is 0 Å². The van der Waals surface area contributed by atoms with E-state index >= 15 is 0 Å². The molecular formula is C21H26N2O. The normalized spacial score (nSPS) is 14.7. The Balaban J connectivity index is 1.59. The van der Waals surface area contributed by atoms with Crippen LogP contribution in [0.3, 0.4) is 0 Å². The van der Waals surface area contributed by atoms with Gasteiger partial charge in [-0.3, -0.25) is 4.79 Å². The molecule has 3 nitrogen and oxygen atoms in total. The first-order chi connectivity index (χ1) is 11.8. The van der Waals surface area contributed by atoms with Crippen molar-refractivity contribution in [3.63, 3.8) is 0 Å². The van der Waals surface area contributed by atoms with E-state index in [1.807, 2.05) is 24.3 Å². The maximum atomic E-state index is 12.4. The molecule has 0 radical (unpaired) electrons. The molecule has 0 saturated carbocycles. The Labute approximate surface area is 144 Å². The molecule has 0 fully saturated rings. The lowest BCUT2D eigenvalue weighted by Gasteiger charge is -2.16. The monoisotopic (exact) mass is 322 g/mol. The number of hydrogen-bond donors (Lipinski definition) is 1. The van der Waals surface area contributed by atoms with Crippen molar-refractivity contribution in [2.45, 2.75) is 26.2 Å². The number of rotatable bonds is 5. The highest BCUT2D eigenvalue weighted by molar-refractivity contribution is 5.94. The van der Waals surface area contributed by atoms with Crippen molar-refractivity contribution in [3.8, 4) is 0 Å². The largest absolute Gasteiger partial charge is 0.352 e. The number of carbonyl (C=O) groups excluding carboxylic acids is 1. The zero-order valence-electron chi connectivity index (χ0n) is 14.4. The van der Waals surface area contributed by atoms with Gasteiger partial charge in [-0.15, -0.1) is 0 Å². The van der Waals surface area contributed by atoms with Crippen LogP contribution in [-0.2, 0) is 19.3 Å². The predicted molar refractivity (Wildman–Crippen MR) is 98.4 cm³/mol. The highest BCUT2D eigenvalue weighted by atomic mass is 16.1.